The summed E-state index contributed by atoms with van der Waals surface area (Å²) in [4.78, 5) is 0.132. The van der Waals surface area contributed by atoms with E-state index in [4.69, 9.17) is 42.1 Å². The first-order valence-corrected chi connectivity index (χ1v) is 15.7. The number of hydrogen-bond donors (Lipinski definition) is 0. The highest BCUT2D eigenvalue weighted by molar-refractivity contribution is 7.86. The van der Waals surface area contributed by atoms with E-state index < -0.39 is 10.1 Å². The minimum atomic E-state index is -3.77. The first kappa shape index (κ1) is 37.8. The molecular weight excluding hydrogens is 556 g/mol. The maximum Gasteiger partial charge on any atom is 0.297 e. The van der Waals surface area contributed by atoms with Crippen molar-refractivity contribution >= 4 is 10.1 Å². The smallest absolute Gasteiger partial charge is 0.297 e. The summed E-state index contributed by atoms with van der Waals surface area (Å²) >= 11 is 0. The van der Waals surface area contributed by atoms with Crippen molar-refractivity contribution < 1.29 is 50.5 Å². The fourth-order valence-corrected chi connectivity index (χ4v) is 3.89. The normalized spacial score (nSPS) is 12.3. The van der Waals surface area contributed by atoms with E-state index in [1.54, 1.807) is 12.1 Å². The van der Waals surface area contributed by atoms with Crippen molar-refractivity contribution in [3.8, 4) is 0 Å². The molecule has 0 saturated carbocycles. The minimum absolute atomic E-state index is 0.0531. The molecule has 0 aliphatic carbocycles. The fraction of sp³-hybridized carbons (Fsp3) is 0.793. The molecule has 11 nitrogen and oxygen atoms in total. The van der Waals surface area contributed by atoms with Gasteiger partial charge < -0.3 is 37.9 Å². The van der Waals surface area contributed by atoms with Crippen molar-refractivity contribution in [2.24, 2.45) is 5.41 Å². The van der Waals surface area contributed by atoms with Gasteiger partial charge in [0.2, 0.25) is 0 Å². The Bertz CT molecular complexity index is 826. The molecule has 0 radical (unpaired) electrons. The number of benzene rings is 1. The van der Waals surface area contributed by atoms with Gasteiger partial charge in [0.1, 0.15) is 0 Å². The second-order valence-electron chi connectivity index (χ2n) is 10.3. The van der Waals surface area contributed by atoms with E-state index in [0.29, 0.717) is 97.9 Å². The second-order valence-corrected chi connectivity index (χ2v) is 11.9. The molecule has 0 N–H and O–H groups in total. The average Bonchev–Trinajstić information content (AvgIpc) is 2.92. The van der Waals surface area contributed by atoms with E-state index in [1.165, 1.54) is 12.1 Å². The first-order valence-electron chi connectivity index (χ1n) is 14.3. The first-order chi connectivity index (χ1) is 19.7. The monoisotopic (exact) mass is 608 g/mol. The van der Waals surface area contributed by atoms with Gasteiger partial charge in [-0.2, -0.15) is 8.42 Å². The van der Waals surface area contributed by atoms with Gasteiger partial charge in [0.25, 0.3) is 10.1 Å². The molecule has 240 valence electrons. The zero-order valence-corrected chi connectivity index (χ0v) is 26.3. The van der Waals surface area contributed by atoms with Crippen LogP contribution in [-0.2, 0) is 52.2 Å². The number of hydrogen-bond acceptors (Lipinski definition) is 11. The van der Waals surface area contributed by atoms with Gasteiger partial charge in [-0.05, 0) is 30.9 Å². The summed E-state index contributed by atoms with van der Waals surface area (Å²) < 4.78 is 72.6. The Balaban J connectivity index is 1.72. The SMILES string of the molecule is Cc1ccc(S(=O)(=O)OCCOCCOCCOCCOCCOCCOCCOCCOCCC(C)(C)C)cc1. The van der Waals surface area contributed by atoms with Crippen molar-refractivity contribution in [1.29, 1.82) is 0 Å². The molecule has 0 heterocycles. The number of ether oxygens (including phenoxy) is 8. The van der Waals surface area contributed by atoms with E-state index in [2.05, 4.69) is 20.8 Å². The Kier molecular flexibility index (Phi) is 22.4. The maximum absolute atomic E-state index is 12.1. The molecule has 0 fully saturated rings. The summed E-state index contributed by atoms with van der Waals surface area (Å²) in [6.07, 6.45) is 1.04. The molecule has 0 amide bonds. The van der Waals surface area contributed by atoms with Crippen molar-refractivity contribution in [2.45, 2.75) is 39.0 Å². The summed E-state index contributed by atoms with van der Waals surface area (Å²) in [6.45, 7) is 16.2. The molecule has 0 atom stereocenters. The zero-order valence-electron chi connectivity index (χ0n) is 25.4. The van der Waals surface area contributed by atoms with Crippen LogP contribution >= 0.6 is 0 Å². The van der Waals surface area contributed by atoms with Gasteiger partial charge in [0.15, 0.2) is 0 Å². The molecule has 0 aliphatic heterocycles. The molecule has 0 bridgehead atoms. The third-order valence-electron chi connectivity index (χ3n) is 5.38. The average molecular weight is 609 g/mol. The molecule has 1 aromatic carbocycles. The van der Waals surface area contributed by atoms with Gasteiger partial charge in [-0.1, -0.05) is 38.5 Å². The lowest BCUT2D eigenvalue weighted by Gasteiger charge is -2.17. The van der Waals surface area contributed by atoms with Crippen LogP contribution in [0.5, 0.6) is 0 Å². The molecule has 41 heavy (non-hydrogen) atoms. The molecule has 0 spiro atoms. The van der Waals surface area contributed by atoms with Crippen molar-refractivity contribution in [3.63, 3.8) is 0 Å². The van der Waals surface area contributed by atoms with Crippen molar-refractivity contribution in [3.05, 3.63) is 29.8 Å². The molecule has 0 saturated heterocycles. The van der Waals surface area contributed by atoms with Gasteiger partial charge in [-0.3, -0.25) is 4.18 Å². The minimum Gasteiger partial charge on any atom is -0.379 e. The highest BCUT2D eigenvalue weighted by Gasteiger charge is 2.14. The topological polar surface area (TPSA) is 117 Å². The van der Waals surface area contributed by atoms with Gasteiger partial charge in [-0.15, -0.1) is 0 Å². The van der Waals surface area contributed by atoms with Crippen LogP contribution in [0.25, 0.3) is 0 Å². The molecule has 1 rings (SSSR count). The van der Waals surface area contributed by atoms with Crippen LogP contribution in [0.1, 0.15) is 32.8 Å². The quantitative estimate of drug-likeness (QED) is 0.103. The van der Waals surface area contributed by atoms with E-state index in [1.807, 2.05) is 6.92 Å². The Morgan fingerprint density at radius 1 is 0.488 bits per heavy atom. The fourth-order valence-electron chi connectivity index (χ4n) is 3.00. The molecule has 0 aliphatic rings. The number of aryl methyl sites for hydroxylation is 1. The summed E-state index contributed by atoms with van der Waals surface area (Å²) in [6, 6.07) is 6.49. The second kappa shape index (κ2) is 24.3. The molecule has 1 aromatic rings. The third kappa shape index (κ3) is 24.0. The van der Waals surface area contributed by atoms with Crippen molar-refractivity contribution in [1.82, 2.24) is 0 Å². The van der Waals surface area contributed by atoms with E-state index in [0.717, 1.165) is 18.6 Å². The Labute approximate surface area is 247 Å². The van der Waals surface area contributed by atoms with Gasteiger partial charge in [0, 0.05) is 6.61 Å². The van der Waals surface area contributed by atoms with E-state index >= 15 is 0 Å². The van der Waals surface area contributed by atoms with Gasteiger partial charge >= 0.3 is 0 Å². The number of rotatable bonds is 28. The van der Waals surface area contributed by atoms with Crippen LogP contribution < -0.4 is 0 Å². The maximum atomic E-state index is 12.1. The van der Waals surface area contributed by atoms with Crippen molar-refractivity contribution in [2.75, 3.05) is 112 Å². The summed E-state index contributed by atoms with van der Waals surface area (Å²) in [7, 11) is -3.77. The predicted molar refractivity (Wildman–Crippen MR) is 155 cm³/mol. The van der Waals surface area contributed by atoms with Crippen LogP contribution in [0, 0.1) is 12.3 Å². The molecule has 0 unspecified atom stereocenters. The van der Waals surface area contributed by atoms with Crippen LogP contribution in [0.2, 0.25) is 0 Å². The van der Waals surface area contributed by atoms with E-state index in [-0.39, 0.29) is 18.1 Å². The molecular formula is C29H52O11S. The van der Waals surface area contributed by atoms with E-state index in [9.17, 15) is 8.42 Å². The van der Waals surface area contributed by atoms with Gasteiger partial charge in [-0.25, -0.2) is 0 Å². The Hall–Kier alpha value is -1.19. The van der Waals surface area contributed by atoms with Crippen LogP contribution in [0.3, 0.4) is 0 Å². The summed E-state index contributed by atoms with van der Waals surface area (Å²) in [5.74, 6) is 0. The van der Waals surface area contributed by atoms with Crippen LogP contribution in [-0.4, -0.2) is 121 Å². The summed E-state index contributed by atoms with van der Waals surface area (Å²) in [5, 5.41) is 0. The van der Waals surface area contributed by atoms with Gasteiger partial charge in [0.05, 0.1) is 111 Å². The lowest BCUT2D eigenvalue weighted by molar-refractivity contribution is -0.0239. The zero-order chi connectivity index (χ0) is 30.1. The van der Waals surface area contributed by atoms with Crippen LogP contribution in [0.4, 0.5) is 0 Å². The Morgan fingerprint density at radius 3 is 1.10 bits per heavy atom. The lowest BCUT2D eigenvalue weighted by atomic mass is 9.93. The Morgan fingerprint density at radius 2 is 0.780 bits per heavy atom. The highest BCUT2D eigenvalue weighted by Crippen LogP contribution is 2.17. The lowest BCUT2D eigenvalue weighted by Crippen LogP contribution is -2.15. The molecule has 12 heteroatoms. The predicted octanol–water partition coefficient (Wildman–Crippen LogP) is 3.27. The van der Waals surface area contributed by atoms with Crippen LogP contribution in [0.15, 0.2) is 29.2 Å². The largest absolute Gasteiger partial charge is 0.379 e. The molecule has 0 aromatic heterocycles. The highest BCUT2D eigenvalue weighted by atomic mass is 32.2. The third-order valence-corrected chi connectivity index (χ3v) is 6.70. The standard InChI is InChI=1S/C29H52O11S/c1-27-5-7-28(8-6-27)41(30,31)40-26-25-39-24-23-38-22-21-37-20-19-36-18-17-35-16-15-34-14-13-33-12-11-32-10-9-29(2,3)4/h5-8H,9-26H2,1-4H3. The summed E-state index contributed by atoms with van der Waals surface area (Å²) in [5.41, 5.74) is 1.28.